The lowest BCUT2D eigenvalue weighted by molar-refractivity contribution is 0.150. The van der Waals surface area contributed by atoms with Crippen LogP contribution in [0.25, 0.3) is 0 Å². The number of fused-ring (bicyclic) bond motifs is 1. The molecule has 0 aromatic rings. The highest BCUT2D eigenvalue weighted by Gasteiger charge is 2.32. The Balaban J connectivity index is 1.40. The maximum atomic E-state index is 3.91. The van der Waals surface area contributed by atoms with Crippen LogP contribution in [0.1, 0.15) is 51.9 Å². The van der Waals surface area contributed by atoms with Gasteiger partial charge in [-0.1, -0.05) is 6.42 Å². The van der Waals surface area contributed by atoms with Gasteiger partial charge in [-0.15, -0.1) is 0 Å². The molecule has 0 amide bonds. The fourth-order valence-electron chi connectivity index (χ4n) is 4.36. The van der Waals surface area contributed by atoms with Crippen LogP contribution in [0.15, 0.2) is 0 Å². The third kappa shape index (κ3) is 3.71. The topological polar surface area (TPSA) is 18.5 Å². The summed E-state index contributed by atoms with van der Waals surface area (Å²) >= 11 is 0. The van der Waals surface area contributed by atoms with Crippen LogP contribution in [-0.2, 0) is 0 Å². The van der Waals surface area contributed by atoms with Crippen molar-refractivity contribution in [1.29, 1.82) is 0 Å². The monoisotopic (exact) mass is 265 g/mol. The number of piperidine rings is 2. The summed E-state index contributed by atoms with van der Waals surface area (Å²) in [6.07, 6.45) is 9.89. The van der Waals surface area contributed by atoms with E-state index in [2.05, 4.69) is 22.0 Å². The first-order valence-electron chi connectivity index (χ1n) is 8.54. The van der Waals surface area contributed by atoms with Gasteiger partial charge in [0, 0.05) is 24.7 Å². The maximum Gasteiger partial charge on any atom is 0.0169 e. The third-order valence-corrected chi connectivity index (χ3v) is 5.32. The van der Waals surface area contributed by atoms with Gasteiger partial charge >= 0.3 is 0 Å². The molecule has 0 aromatic carbocycles. The molecule has 0 spiro atoms. The largest absolute Gasteiger partial charge is 0.310 e. The van der Waals surface area contributed by atoms with Gasteiger partial charge in [-0.25, -0.2) is 0 Å². The Hall–Kier alpha value is -0.120. The zero-order chi connectivity index (χ0) is 13.1. The van der Waals surface area contributed by atoms with Crippen LogP contribution in [-0.4, -0.2) is 60.6 Å². The van der Waals surface area contributed by atoms with E-state index in [4.69, 9.17) is 0 Å². The highest BCUT2D eigenvalue weighted by molar-refractivity contribution is 4.90. The highest BCUT2D eigenvalue weighted by Crippen LogP contribution is 2.27. The van der Waals surface area contributed by atoms with E-state index in [-0.39, 0.29) is 0 Å². The number of nitrogens with one attached hydrogen (secondary N) is 1. The van der Waals surface area contributed by atoms with Crippen molar-refractivity contribution in [3.8, 4) is 0 Å². The molecule has 3 aliphatic heterocycles. The summed E-state index contributed by atoms with van der Waals surface area (Å²) in [5.74, 6) is 0. The zero-order valence-electron chi connectivity index (χ0n) is 12.6. The molecule has 3 heteroatoms. The molecule has 3 aliphatic rings. The fraction of sp³-hybridized carbons (Fsp3) is 1.00. The quantitative estimate of drug-likeness (QED) is 0.839. The summed E-state index contributed by atoms with van der Waals surface area (Å²) in [7, 11) is 0. The molecule has 3 saturated heterocycles. The van der Waals surface area contributed by atoms with Gasteiger partial charge in [0.05, 0.1) is 0 Å². The van der Waals surface area contributed by atoms with E-state index in [1.54, 1.807) is 0 Å². The van der Waals surface area contributed by atoms with Crippen molar-refractivity contribution in [2.24, 2.45) is 0 Å². The average Bonchev–Trinajstić information content (AvgIpc) is 2.87. The lowest BCUT2D eigenvalue weighted by Gasteiger charge is -2.37. The minimum Gasteiger partial charge on any atom is -0.310 e. The van der Waals surface area contributed by atoms with Crippen molar-refractivity contribution in [2.75, 3.05) is 32.7 Å². The first-order chi connectivity index (χ1) is 9.31. The van der Waals surface area contributed by atoms with Crippen molar-refractivity contribution in [1.82, 2.24) is 15.1 Å². The van der Waals surface area contributed by atoms with E-state index in [1.807, 2.05) is 0 Å². The molecule has 3 unspecified atom stereocenters. The molecule has 0 aliphatic carbocycles. The zero-order valence-corrected chi connectivity index (χ0v) is 12.6. The smallest absolute Gasteiger partial charge is 0.0169 e. The van der Waals surface area contributed by atoms with Crippen molar-refractivity contribution in [3.63, 3.8) is 0 Å². The van der Waals surface area contributed by atoms with Gasteiger partial charge < -0.3 is 15.1 Å². The molecule has 0 saturated carbocycles. The second kappa shape index (κ2) is 6.55. The summed E-state index contributed by atoms with van der Waals surface area (Å²) in [4.78, 5) is 5.37. The van der Waals surface area contributed by atoms with Gasteiger partial charge in [-0.2, -0.15) is 0 Å². The normalized spacial score (nSPS) is 35.2. The third-order valence-electron chi connectivity index (χ3n) is 5.32. The lowest BCUT2D eigenvalue weighted by atomic mass is 9.97. The Bertz CT molecular complexity index is 275. The molecular weight excluding hydrogens is 234 g/mol. The number of hydrogen-bond acceptors (Lipinski definition) is 3. The summed E-state index contributed by atoms with van der Waals surface area (Å²) < 4.78 is 0. The Morgan fingerprint density at radius 3 is 2.68 bits per heavy atom. The summed E-state index contributed by atoms with van der Waals surface area (Å²) in [5, 5.41) is 3.91. The van der Waals surface area contributed by atoms with Crippen LogP contribution in [0.3, 0.4) is 0 Å². The van der Waals surface area contributed by atoms with Crippen LogP contribution in [0.4, 0.5) is 0 Å². The van der Waals surface area contributed by atoms with E-state index in [0.717, 1.165) is 12.1 Å². The molecule has 19 heavy (non-hydrogen) atoms. The van der Waals surface area contributed by atoms with Crippen molar-refractivity contribution in [3.05, 3.63) is 0 Å². The Morgan fingerprint density at radius 1 is 1.00 bits per heavy atom. The summed E-state index contributed by atoms with van der Waals surface area (Å²) in [6, 6.07) is 2.34. The van der Waals surface area contributed by atoms with E-state index in [1.165, 1.54) is 77.7 Å². The van der Waals surface area contributed by atoms with E-state index in [9.17, 15) is 0 Å². The van der Waals surface area contributed by atoms with Crippen molar-refractivity contribution < 1.29 is 0 Å². The van der Waals surface area contributed by atoms with Crippen LogP contribution >= 0.6 is 0 Å². The standard InChI is InChI=1S/C16H31N3/c1-14(13-18-8-3-2-4-9-18)17-15-7-11-19-10-5-6-16(19)12-15/h14-17H,2-13H2,1H3. The SMILES string of the molecule is CC(CN1CCCCC1)NC1CCN2CCCC2C1. The number of nitrogens with zero attached hydrogens (tertiary/aromatic N) is 2. The first-order valence-corrected chi connectivity index (χ1v) is 8.54. The van der Waals surface area contributed by atoms with Gasteiger partial charge in [0.15, 0.2) is 0 Å². The van der Waals surface area contributed by atoms with Crippen LogP contribution in [0.5, 0.6) is 0 Å². The minimum atomic E-state index is 0.663. The number of likely N-dealkylation sites (tertiary alicyclic amines) is 1. The predicted molar refractivity (Wildman–Crippen MR) is 80.5 cm³/mol. The van der Waals surface area contributed by atoms with E-state index < -0.39 is 0 Å². The molecule has 0 bridgehead atoms. The molecule has 3 nitrogen and oxygen atoms in total. The van der Waals surface area contributed by atoms with Gasteiger partial charge in [-0.05, 0) is 71.6 Å². The second-order valence-electron chi connectivity index (χ2n) is 6.98. The fourth-order valence-corrected chi connectivity index (χ4v) is 4.36. The van der Waals surface area contributed by atoms with Crippen LogP contribution in [0.2, 0.25) is 0 Å². The van der Waals surface area contributed by atoms with Gasteiger partial charge in [0.25, 0.3) is 0 Å². The molecule has 3 atom stereocenters. The van der Waals surface area contributed by atoms with Gasteiger partial charge in [-0.3, -0.25) is 0 Å². The molecule has 1 N–H and O–H groups in total. The number of rotatable bonds is 4. The highest BCUT2D eigenvalue weighted by atomic mass is 15.2. The Morgan fingerprint density at radius 2 is 1.84 bits per heavy atom. The average molecular weight is 265 g/mol. The molecule has 3 rings (SSSR count). The number of hydrogen-bond donors (Lipinski definition) is 1. The van der Waals surface area contributed by atoms with E-state index in [0.29, 0.717) is 6.04 Å². The van der Waals surface area contributed by atoms with Crippen LogP contribution in [0, 0.1) is 0 Å². The van der Waals surface area contributed by atoms with Gasteiger partial charge in [0.2, 0.25) is 0 Å². The molecule has 110 valence electrons. The van der Waals surface area contributed by atoms with Gasteiger partial charge in [0.1, 0.15) is 0 Å². The molecular formula is C16H31N3. The molecule has 3 heterocycles. The summed E-state index contributed by atoms with van der Waals surface area (Å²) in [5.41, 5.74) is 0. The predicted octanol–water partition coefficient (Wildman–Crippen LogP) is 2.08. The van der Waals surface area contributed by atoms with Crippen molar-refractivity contribution in [2.45, 2.75) is 70.0 Å². The first kappa shape index (κ1) is 13.8. The molecule has 0 aromatic heterocycles. The van der Waals surface area contributed by atoms with Crippen LogP contribution < -0.4 is 5.32 Å². The lowest BCUT2D eigenvalue weighted by Crippen LogP contribution is -2.50. The van der Waals surface area contributed by atoms with Crippen molar-refractivity contribution >= 4 is 0 Å². The molecule has 0 radical (unpaired) electrons. The summed E-state index contributed by atoms with van der Waals surface area (Å²) in [6.45, 7) is 8.99. The molecule has 3 fully saturated rings. The Kier molecular flexibility index (Phi) is 4.78. The Labute approximate surface area is 118 Å². The maximum absolute atomic E-state index is 3.91. The second-order valence-corrected chi connectivity index (χ2v) is 6.98. The van der Waals surface area contributed by atoms with E-state index >= 15 is 0 Å². The minimum absolute atomic E-state index is 0.663.